The van der Waals surface area contributed by atoms with Gasteiger partial charge in [0.2, 0.25) is 0 Å². The van der Waals surface area contributed by atoms with Gasteiger partial charge in [0.05, 0.1) is 0 Å². The van der Waals surface area contributed by atoms with Gasteiger partial charge in [0.15, 0.2) is 0 Å². The van der Waals surface area contributed by atoms with Crippen molar-refractivity contribution in [2.24, 2.45) is 5.92 Å². The van der Waals surface area contributed by atoms with Crippen LogP contribution in [0, 0.1) is 5.92 Å². The van der Waals surface area contributed by atoms with Gasteiger partial charge in [-0.3, -0.25) is 4.90 Å². The number of para-hydroxylation sites is 1. The summed E-state index contributed by atoms with van der Waals surface area (Å²) in [5, 5.41) is 0. The first-order chi connectivity index (χ1) is 14.1. The monoisotopic (exact) mass is 393 g/mol. The molecule has 0 aromatic heterocycles. The molecule has 29 heavy (non-hydrogen) atoms. The summed E-state index contributed by atoms with van der Waals surface area (Å²) in [5.74, 6) is 2.67. The summed E-state index contributed by atoms with van der Waals surface area (Å²) in [4.78, 5) is 2.49. The maximum absolute atomic E-state index is 6.28. The van der Waals surface area contributed by atoms with Crippen molar-refractivity contribution < 1.29 is 10.9 Å². The van der Waals surface area contributed by atoms with Crippen LogP contribution in [0.25, 0.3) is 6.08 Å². The van der Waals surface area contributed by atoms with Crippen LogP contribution in [0.2, 0.25) is 0 Å². The normalized spacial score (nSPS) is 20.8. The molecule has 1 saturated heterocycles. The lowest BCUT2D eigenvalue weighted by Crippen LogP contribution is -2.47. The highest BCUT2D eigenvalue weighted by molar-refractivity contribution is 5.63. The van der Waals surface area contributed by atoms with E-state index in [-0.39, 0.29) is 7.03 Å². The second kappa shape index (κ2) is 9.04. The third-order valence-corrected chi connectivity index (χ3v) is 6.38. The van der Waals surface area contributed by atoms with E-state index >= 15 is 0 Å². The Bertz CT molecular complexity index is 828. The van der Waals surface area contributed by atoms with E-state index in [1.54, 1.807) is 0 Å². The lowest BCUT2D eigenvalue weighted by atomic mass is 9.88. The number of fused-ring (bicyclic) bond motifs is 1. The molecule has 3 heteroatoms. The predicted molar refractivity (Wildman–Crippen MR) is 122 cm³/mol. The average Bonchev–Trinajstić information content (AvgIpc) is 2.75. The summed E-state index contributed by atoms with van der Waals surface area (Å²) in [6.45, 7) is 8.30. The van der Waals surface area contributed by atoms with Crippen molar-refractivity contribution >= 4 is 6.08 Å². The van der Waals surface area contributed by atoms with Gasteiger partial charge in [-0.25, -0.2) is 0 Å². The van der Waals surface area contributed by atoms with E-state index in [2.05, 4.69) is 49.1 Å². The standard InChI is InChI=1S/C26H33NO2.H2/c1-3-21-12-13-24-22(20-21)8-7-11-25(24)28-19-18-27-16-14-26(2,15-17-27)29-23-9-5-4-6-10-23;/h4-13,21H,3,14-20H2,1-2H3;1H. The highest BCUT2D eigenvalue weighted by Crippen LogP contribution is 2.32. The number of hydrogen-bond acceptors (Lipinski definition) is 3. The first-order valence-electron chi connectivity index (χ1n) is 11.0. The Labute approximate surface area is 176 Å². The summed E-state index contributed by atoms with van der Waals surface area (Å²) in [5.41, 5.74) is 2.63. The molecule has 0 N–H and O–H groups in total. The van der Waals surface area contributed by atoms with Gasteiger partial charge in [-0.15, -0.1) is 0 Å². The highest BCUT2D eigenvalue weighted by Gasteiger charge is 2.31. The fourth-order valence-corrected chi connectivity index (χ4v) is 4.36. The summed E-state index contributed by atoms with van der Waals surface area (Å²) in [6.07, 6.45) is 9.02. The van der Waals surface area contributed by atoms with Gasteiger partial charge in [0.25, 0.3) is 0 Å². The number of likely N-dealkylation sites (tertiary alicyclic amines) is 1. The predicted octanol–water partition coefficient (Wildman–Crippen LogP) is 5.84. The highest BCUT2D eigenvalue weighted by atomic mass is 16.5. The van der Waals surface area contributed by atoms with Crippen LogP contribution in [0.3, 0.4) is 0 Å². The zero-order chi connectivity index (χ0) is 20.1. The van der Waals surface area contributed by atoms with E-state index in [1.807, 2.05) is 30.3 Å². The van der Waals surface area contributed by atoms with Gasteiger partial charge >= 0.3 is 0 Å². The molecule has 156 valence electrons. The van der Waals surface area contributed by atoms with Crippen LogP contribution in [0.1, 0.15) is 45.7 Å². The molecule has 3 nitrogen and oxygen atoms in total. The number of rotatable bonds is 7. The van der Waals surface area contributed by atoms with Crippen molar-refractivity contribution in [2.75, 3.05) is 26.2 Å². The topological polar surface area (TPSA) is 21.7 Å². The molecule has 0 radical (unpaired) electrons. The minimum absolute atomic E-state index is 0. The summed E-state index contributed by atoms with van der Waals surface area (Å²) in [6, 6.07) is 16.7. The van der Waals surface area contributed by atoms with Crippen molar-refractivity contribution in [3.05, 3.63) is 65.7 Å². The first-order valence-corrected chi connectivity index (χ1v) is 11.0. The van der Waals surface area contributed by atoms with Crippen molar-refractivity contribution in [3.8, 4) is 11.5 Å². The molecule has 1 fully saturated rings. The van der Waals surface area contributed by atoms with Gasteiger partial charge < -0.3 is 9.47 Å². The van der Waals surface area contributed by atoms with Gasteiger partial charge in [-0.2, -0.15) is 0 Å². The van der Waals surface area contributed by atoms with Crippen molar-refractivity contribution in [1.82, 2.24) is 4.90 Å². The smallest absolute Gasteiger partial charge is 0.126 e. The number of allylic oxidation sites excluding steroid dienone is 1. The van der Waals surface area contributed by atoms with Gasteiger partial charge in [0.1, 0.15) is 23.7 Å². The molecule has 4 rings (SSSR count). The average molecular weight is 394 g/mol. The number of ether oxygens (including phenoxy) is 2. The molecular formula is C26H35NO2. The number of nitrogens with zero attached hydrogens (tertiary/aromatic N) is 1. The molecule has 2 aliphatic rings. The summed E-state index contributed by atoms with van der Waals surface area (Å²) in [7, 11) is 0. The molecule has 0 spiro atoms. The van der Waals surface area contributed by atoms with Crippen LogP contribution < -0.4 is 9.47 Å². The molecule has 1 aliphatic heterocycles. The molecule has 2 aromatic carbocycles. The molecule has 1 atom stereocenters. The Balaban J connectivity index is 0.00000256. The number of hydrogen-bond donors (Lipinski definition) is 0. The Morgan fingerprint density at radius 1 is 1.07 bits per heavy atom. The van der Waals surface area contributed by atoms with E-state index in [0.29, 0.717) is 5.92 Å². The van der Waals surface area contributed by atoms with E-state index in [4.69, 9.17) is 9.47 Å². The molecule has 1 unspecified atom stereocenters. The van der Waals surface area contributed by atoms with Gasteiger partial charge in [-0.1, -0.05) is 49.4 Å². The van der Waals surface area contributed by atoms with Crippen LogP contribution in [0.5, 0.6) is 11.5 Å². The molecule has 0 bridgehead atoms. The third-order valence-electron chi connectivity index (χ3n) is 6.38. The van der Waals surface area contributed by atoms with Crippen molar-refractivity contribution in [1.29, 1.82) is 0 Å². The Hall–Kier alpha value is -2.26. The minimum Gasteiger partial charge on any atom is -0.492 e. The first kappa shape index (κ1) is 20.0. The number of benzene rings is 2. The zero-order valence-corrected chi connectivity index (χ0v) is 17.8. The minimum atomic E-state index is -0.0716. The fraction of sp³-hybridized carbons (Fsp3) is 0.462. The SMILES string of the molecule is CCC1C=Cc2c(cccc2OCCN2CCC(C)(Oc3ccccc3)CC2)C1.[HH]. The van der Waals surface area contributed by atoms with E-state index in [9.17, 15) is 0 Å². The van der Waals surface area contributed by atoms with Gasteiger partial charge in [-0.05, 0) is 62.3 Å². The van der Waals surface area contributed by atoms with E-state index in [0.717, 1.165) is 57.0 Å². The zero-order valence-electron chi connectivity index (χ0n) is 17.8. The molecule has 2 aromatic rings. The lowest BCUT2D eigenvalue weighted by Gasteiger charge is -2.39. The summed E-state index contributed by atoms with van der Waals surface area (Å²) < 4.78 is 12.5. The largest absolute Gasteiger partial charge is 0.492 e. The third kappa shape index (κ3) is 5.02. The second-order valence-electron chi connectivity index (χ2n) is 8.62. The Kier molecular flexibility index (Phi) is 6.25. The van der Waals surface area contributed by atoms with Crippen LogP contribution in [0.4, 0.5) is 0 Å². The van der Waals surface area contributed by atoms with E-state index < -0.39 is 0 Å². The number of piperidine rings is 1. The van der Waals surface area contributed by atoms with Crippen molar-refractivity contribution in [3.63, 3.8) is 0 Å². The van der Waals surface area contributed by atoms with Crippen LogP contribution in [0.15, 0.2) is 54.6 Å². The quantitative estimate of drug-likeness (QED) is 0.590. The summed E-state index contributed by atoms with van der Waals surface area (Å²) >= 11 is 0. The van der Waals surface area contributed by atoms with E-state index in [1.165, 1.54) is 17.5 Å². The molecule has 1 heterocycles. The molecule has 0 amide bonds. The Morgan fingerprint density at radius 2 is 1.86 bits per heavy atom. The van der Waals surface area contributed by atoms with Crippen LogP contribution in [-0.4, -0.2) is 36.7 Å². The Morgan fingerprint density at radius 3 is 2.62 bits per heavy atom. The van der Waals surface area contributed by atoms with Crippen molar-refractivity contribution in [2.45, 2.75) is 45.1 Å². The molecule has 1 aliphatic carbocycles. The van der Waals surface area contributed by atoms with Gasteiger partial charge in [0, 0.05) is 26.6 Å². The van der Waals surface area contributed by atoms with Crippen LogP contribution in [-0.2, 0) is 6.42 Å². The van der Waals surface area contributed by atoms with Crippen LogP contribution >= 0.6 is 0 Å². The maximum atomic E-state index is 6.28. The molecule has 0 saturated carbocycles. The maximum Gasteiger partial charge on any atom is 0.126 e. The molecular weight excluding hydrogens is 358 g/mol. The fourth-order valence-electron chi connectivity index (χ4n) is 4.36. The lowest BCUT2D eigenvalue weighted by molar-refractivity contribution is 0.0135. The second-order valence-corrected chi connectivity index (χ2v) is 8.62.